The second kappa shape index (κ2) is 5.71. The van der Waals surface area contributed by atoms with Crippen LogP contribution in [-0.4, -0.2) is 0 Å². The molecular weight excluding hydrogens is 234 g/mol. The Bertz CT molecular complexity index is 454. The first-order chi connectivity index (χ1) is 8.24. The Hall–Kier alpha value is -1.51. The standard InChI is InChI=1S/C14H14ClNO/c15-13-5-1-3-11(7-13)9-17-10-12-4-2-6-14(16)8-12/h1-8H,9-10,16H2. The number of hydrogen-bond donors (Lipinski definition) is 1. The van der Waals surface area contributed by atoms with Crippen molar-refractivity contribution >= 4 is 17.3 Å². The summed E-state index contributed by atoms with van der Waals surface area (Å²) in [6.07, 6.45) is 0. The zero-order valence-electron chi connectivity index (χ0n) is 9.40. The topological polar surface area (TPSA) is 35.2 Å². The van der Waals surface area contributed by atoms with Gasteiger partial charge < -0.3 is 10.5 Å². The van der Waals surface area contributed by atoms with E-state index >= 15 is 0 Å². The number of halogens is 1. The van der Waals surface area contributed by atoms with E-state index < -0.39 is 0 Å². The van der Waals surface area contributed by atoms with Crippen molar-refractivity contribution in [2.24, 2.45) is 0 Å². The summed E-state index contributed by atoms with van der Waals surface area (Å²) < 4.78 is 5.60. The Morgan fingerprint density at radius 2 is 1.59 bits per heavy atom. The van der Waals surface area contributed by atoms with E-state index in [-0.39, 0.29) is 0 Å². The summed E-state index contributed by atoms with van der Waals surface area (Å²) in [7, 11) is 0. The molecule has 0 amide bonds. The molecule has 0 bridgehead atoms. The van der Waals surface area contributed by atoms with Gasteiger partial charge in [0.25, 0.3) is 0 Å². The van der Waals surface area contributed by atoms with Crippen molar-refractivity contribution in [2.45, 2.75) is 13.2 Å². The van der Waals surface area contributed by atoms with Gasteiger partial charge in [-0.25, -0.2) is 0 Å². The largest absolute Gasteiger partial charge is 0.399 e. The number of rotatable bonds is 4. The average molecular weight is 248 g/mol. The van der Waals surface area contributed by atoms with Crippen molar-refractivity contribution in [2.75, 3.05) is 5.73 Å². The first-order valence-electron chi connectivity index (χ1n) is 5.40. The van der Waals surface area contributed by atoms with Crippen LogP contribution in [0.1, 0.15) is 11.1 Å². The molecule has 2 N–H and O–H groups in total. The Balaban J connectivity index is 1.87. The van der Waals surface area contributed by atoms with Crippen LogP contribution < -0.4 is 5.73 Å². The number of benzene rings is 2. The molecule has 0 radical (unpaired) electrons. The van der Waals surface area contributed by atoms with Crippen LogP contribution in [-0.2, 0) is 18.0 Å². The minimum absolute atomic E-state index is 0.551. The maximum Gasteiger partial charge on any atom is 0.0722 e. The summed E-state index contributed by atoms with van der Waals surface area (Å²) in [6, 6.07) is 15.4. The molecule has 0 saturated heterocycles. The zero-order chi connectivity index (χ0) is 12.1. The summed E-state index contributed by atoms with van der Waals surface area (Å²) in [6.45, 7) is 1.10. The minimum atomic E-state index is 0.551. The van der Waals surface area contributed by atoms with Crippen molar-refractivity contribution < 1.29 is 4.74 Å². The van der Waals surface area contributed by atoms with Gasteiger partial charge in [0, 0.05) is 10.7 Å². The van der Waals surface area contributed by atoms with E-state index in [2.05, 4.69) is 0 Å². The van der Waals surface area contributed by atoms with E-state index in [0.29, 0.717) is 13.2 Å². The molecule has 0 heterocycles. The molecule has 2 nitrogen and oxygen atoms in total. The highest BCUT2D eigenvalue weighted by Gasteiger charge is 1.97. The molecule has 88 valence electrons. The quantitative estimate of drug-likeness (QED) is 0.838. The fraction of sp³-hybridized carbons (Fsp3) is 0.143. The van der Waals surface area contributed by atoms with Crippen LogP contribution in [0.25, 0.3) is 0 Å². The van der Waals surface area contributed by atoms with Gasteiger partial charge in [-0.05, 0) is 35.4 Å². The zero-order valence-corrected chi connectivity index (χ0v) is 10.2. The van der Waals surface area contributed by atoms with Crippen LogP contribution in [0.5, 0.6) is 0 Å². The van der Waals surface area contributed by atoms with Gasteiger partial charge in [0.15, 0.2) is 0 Å². The molecule has 0 aliphatic heterocycles. The van der Waals surface area contributed by atoms with E-state index in [1.54, 1.807) is 0 Å². The maximum absolute atomic E-state index is 5.89. The van der Waals surface area contributed by atoms with E-state index in [1.165, 1.54) is 0 Å². The maximum atomic E-state index is 5.89. The van der Waals surface area contributed by atoms with Gasteiger partial charge in [0.2, 0.25) is 0 Å². The summed E-state index contributed by atoms with van der Waals surface area (Å²) in [4.78, 5) is 0. The van der Waals surface area contributed by atoms with Gasteiger partial charge in [-0.3, -0.25) is 0 Å². The van der Waals surface area contributed by atoms with Crippen LogP contribution in [0.15, 0.2) is 48.5 Å². The molecule has 0 saturated carbocycles. The normalized spacial score (nSPS) is 10.4. The molecule has 0 aliphatic carbocycles. The number of ether oxygens (including phenoxy) is 1. The molecule has 0 unspecified atom stereocenters. The molecule has 0 fully saturated rings. The fourth-order valence-corrected chi connectivity index (χ4v) is 1.81. The van der Waals surface area contributed by atoms with Gasteiger partial charge in [-0.2, -0.15) is 0 Å². The number of nitrogen functional groups attached to an aromatic ring is 1. The fourth-order valence-electron chi connectivity index (χ4n) is 1.60. The lowest BCUT2D eigenvalue weighted by Crippen LogP contribution is -1.95. The van der Waals surface area contributed by atoms with Gasteiger partial charge in [0.05, 0.1) is 13.2 Å². The molecule has 3 heteroatoms. The molecule has 2 aromatic carbocycles. The third-order valence-electron chi connectivity index (χ3n) is 2.38. The summed E-state index contributed by atoms with van der Waals surface area (Å²) in [5.41, 5.74) is 8.59. The van der Waals surface area contributed by atoms with Crippen molar-refractivity contribution in [1.82, 2.24) is 0 Å². The minimum Gasteiger partial charge on any atom is -0.399 e. The van der Waals surface area contributed by atoms with E-state index in [9.17, 15) is 0 Å². The summed E-state index contributed by atoms with van der Waals surface area (Å²) >= 11 is 5.89. The Morgan fingerprint density at radius 3 is 2.24 bits per heavy atom. The van der Waals surface area contributed by atoms with Gasteiger partial charge in [-0.15, -0.1) is 0 Å². The van der Waals surface area contributed by atoms with Crippen molar-refractivity contribution in [3.05, 3.63) is 64.7 Å². The van der Waals surface area contributed by atoms with Crippen LogP contribution in [0.3, 0.4) is 0 Å². The number of nitrogens with two attached hydrogens (primary N) is 1. The number of anilines is 1. The predicted octanol–water partition coefficient (Wildman–Crippen LogP) is 3.64. The lowest BCUT2D eigenvalue weighted by molar-refractivity contribution is 0.107. The van der Waals surface area contributed by atoms with E-state index in [1.807, 2.05) is 48.5 Å². The van der Waals surface area contributed by atoms with E-state index in [0.717, 1.165) is 21.8 Å². The third-order valence-corrected chi connectivity index (χ3v) is 2.61. The molecule has 0 spiro atoms. The van der Waals surface area contributed by atoms with Gasteiger partial charge >= 0.3 is 0 Å². The highest BCUT2D eigenvalue weighted by molar-refractivity contribution is 6.30. The van der Waals surface area contributed by atoms with Crippen molar-refractivity contribution in [3.63, 3.8) is 0 Å². The lowest BCUT2D eigenvalue weighted by atomic mass is 10.2. The molecule has 17 heavy (non-hydrogen) atoms. The first kappa shape index (κ1) is 12.0. The SMILES string of the molecule is Nc1cccc(COCc2cccc(Cl)c2)c1. The molecule has 0 aliphatic rings. The Morgan fingerprint density at radius 1 is 0.941 bits per heavy atom. The molecule has 0 atom stereocenters. The van der Waals surface area contributed by atoms with Crippen LogP contribution in [0, 0.1) is 0 Å². The summed E-state index contributed by atoms with van der Waals surface area (Å²) in [5.74, 6) is 0. The summed E-state index contributed by atoms with van der Waals surface area (Å²) in [5, 5.41) is 0.732. The second-order valence-corrected chi connectivity index (χ2v) is 4.30. The van der Waals surface area contributed by atoms with Crippen LogP contribution in [0.4, 0.5) is 5.69 Å². The Kier molecular flexibility index (Phi) is 4.02. The predicted molar refractivity (Wildman–Crippen MR) is 70.8 cm³/mol. The first-order valence-corrected chi connectivity index (χ1v) is 5.78. The number of hydrogen-bond acceptors (Lipinski definition) is 2. The van der Waals surface area contributed by atoms with Crippen LogP contribution in [0.2, 0.25) is 5.02 Å². The lowest BCUT2D eigenvalue weighted by Gasteiger charge is -2.05. The third kappa shape index (κ3) is 3.77. The highest BCUT2D eigenvalue weighted by atomic mass is 35.5. The van der Waals surface area contributed by atoms with E-state index in [4.69, 9.17) is 22.1 Å². The molecule has 2 aromatic rings. The molecule has 0 aromatic heterocycles. The van der Waals surface area contributed by atoms with Crippen molar-refractivity contribution in [3.8, 4) is 0 Å². The molecular formula is C14H14ClNO. The Labute approximate surface area is 106 Å². The smallest absolute Gasteiger partial charge is 0.0722 e. The second-order valence-electron chi connectivity index (χ2n) is 3.87. The molecule has 2 rings (SSSR count). The highest BCUT2D eigenvalue weighted by Crippen LogP contribution is 2.13. The van der Waals surface area contributed by atoms with Gasteiger partial charge in [-0.1, -0.05) is 35.9 Å². The average Bonchev–Trinajstić information content (AvgIpc) is 2.29. The van der Waals surface area contributed by atoms with Crippen molar-refractivity contribution in [1.29, 1.82) is 0 Å². The van der Waals surface area contributed by atoms with Crippen LogP contribution >= 0.6 is 11.6 Å². The van der Waals surface area contributed by atoms with Gasteiger partial charge in [0.1, 0.15) is 0 Å². The monoisotopic (exact) mass is 247 g/mol.